The Morgan fingerprint density at radius 1 is 1.21 bits per heavy atom. The number of Topliss-reactive ketones (excluding diaryl/α,β-unsaturated/α-hetero) is 1. The lowest BCUT2D eigenvalue weighted by atomic mass is 9.72. The Balaban J connectivity index is 2.12. The maximum absolute atomic E-state index is 12.6. The Labute approximate surface area is 170 Å². The van der Waals surface area contributed by atoms with Gasteiger partial charge >= 0.3 is 0 Å². The summed E-state index contributed by atoms with van der Waals surface area (Å²) in [5.74, 6) is -0.861. The van der Waals surface area contributed by atoms with E-state index >= 15 is 0 Å². The summed E-state index contributed by atoms with van der Waals surface area (Å²) in [6, 6.07) is 3.56. The molecule has 3 rings (SSSR count). The summed E-state index contributed by atoms with van der Waals surface area (Å²) < 4.78 is 28.2. The van der Waals surface area contributed by atoms with Crippen molar-refractivity contribution in [3.8, 4) is 17.2 Å². The number of methoxy groups -OCH3 is 4. The monoisotopic (exact) mass is 404 g/mol. The lowest BCUT2D eigenvalue weighted by molar-refractivity contribution is -0.260. The van der Waals surface area contributed by atoms with E-state index in [4.69, 9.17) is 23.7 Å². The van der Waals surface area contributed by atoms with Crippen molar-refractivity contribution in [1.29, 1.82) is 0 Å². The predicted octanol–water partition coefficient (Wildman–Crippen LogP) is 2.97. The summed E-state index contributed by atoms with van der Waals surface area (Å²) in [6.45, 7) is 5.63. The highest BCUT2D eigenvalue weighted by atomic mass is 16.7. The largest absolute Gasteiger partial charge is 0.493 e. The normalized spacial score (nSPS) is 31.1. The third-order valence-corrected chi connectivity index (χ3v) is 5.93. The van der Waals surface area contributed by atoms with Crippen molar-refractivity contribution < 1.29 is 33.6 Å². The molecule has 1 aromatic carbocycles. The summed E-state index contributed by atoms with van der Waals surface area (Å²) in [4.78, 5) is 12.6. The molecule has 158 valence electrons. The number of carbonyl (C=O) groups excluding carboxylic acids is 1. The molecule has 0 saturated carbocycles. The smallest absolute Gasteiger partial charge is 0.207 e. The number of aliphatic hydroxyl groups is 1. The molecule has 4 unspecified atom stereocenters. The first kappa shape index (κ1) is 21.4. The van der Waals surface area contributed by atoms with Gasteiger partial charge in [-0.15, -0.1) is 6.58 Å². The highest BCUT2D eigenvalue weighted by molar-refractivity contribution is 5.97. The summed E-state index contributed by atoms with van der Waals surface area (Å²) in [6.07, 6.45) is 3.01. The minimum atomic E-state index is -1.78. The molecule has 0 amide bonds. The minimum Gasteiger partial charge on any atom is -0.493 e. The Hall–Kier alpha value is -2.35. The Bertz CT molecular complexity index is 821. The fourth-order valence-corrected chi connectivity index (χ4v) is 4.43. The fourth-order valence-electron chi connectivity index (χ4n) is 4.43. The SMILES string of the molecule is C=CCC1=CC2(OC)C(C)C(c3cc(OC)c(OC)c(OC)c3)OC2(O)CC1=O. The first-order valence-electron chi connectivity index (χ1n) is 9.41. The van der Waals surface area contributed by atoms with Gasteiger partial charge in [0.2, 0.25) is 11.5 Å². The van der Waals surface area contributed by atoms with E-state index in [0.29, 0.717) is 29.2 Å². The second-order valence-corrected chi connectivity index (χ2v) is 7.33. The number of ether oxygens (including phenoxy) is 5. The summed E-state index contributed by atoms with van der Waals surface area (Å²) >= 11 is 0. The van der Waals surface area contributed by atoms with Crippen LogP contribution in [-0.4, -0.2) is 50.7 Å². The van der Waals surface area contributed by atoms with Crippen LogP contribution in [0.4, 0.5) is 0 Å². The van der Waals surface area contributed by atoms with Gasteiger partial charge in [0.25, 0.3) is 0 Å². The van der Waals surface area contributed by atoms with Crippen molar-refractivity contribution >= 4 is 5.78 Å². The van der Waals surface area contributed by atoms with Crippen LogP contribution >= 0.6 is 0 Å². The molecule has 1 aromatic rings. The summed E-state index contributed by atoms with van der Waals surface area (Å²) in [7, 11) is 6.11. The number of hydrogen-bond acceptors (Lipinski definition) is 7. The molecule has 0 spiro atoms. The Kier molecular flexibility index (Phi) is 5.76. The van der Waals surface area contributed by atoms with Gasteiger partial charge in [-0.2, -0.15) is 0 Å². The van der Waals surface area contributed by atoms with Crippen molar-refractivity contribution in [2.24, 2.45) is 5.92 Å². The van der Waals surface area contributed by atoms with E-state index in [9.17, 15) is 9.90 Å². The number of benzene rings is 1. The average molecular weight is 404 g/mol. The van der Waals surface area contributed by atoms with Crippen LogP contribution < -0.4 is 14.2 Å². The van der Waals surface area contributed by atoms with E-state index in [1.165, 1.54) is 28.4 Å². The van der Waals surface area contributed by atoms with Gasteiger partial charge in [0, 0.05) is 13.0 Å². The number of carbonyl (C=O) groups is 1. The van der Waals surface area contributed by atoms with Gasteiger partial charge in [-0.25, -0.2) is 0 Å². The quantitative estimate of drug-likeness (QED) is 0.700. The highest BCUT2D eigenvalue weighted by Gasteiger charge is 2.66. The predicted molar refractivity (Wildman–Crippen MR) is 106 cm³/mol. The van der Waals surface area contributed by atoms with Crippen LogP contribution in [0.25, 0.3) is 0 Å². The molecule has 1 saturated heterocycles. The number of hydrogen-bond donors (Lipinski definition) is 1. The highest BCUT2D eigenvalue weighted by Crippen LogP contribution is 2.57. The van der Waals surface area contributed by atoms with Gasteiger partial charge in [-0.05, 0) is 35.8 Å². The molecule has 4 atom stereocenters. The Morgan fingerprint density at radius 2 is 1.83 bits per heavy atom. The molecule has 0 bridgehead atoms. The molecule has 29 heavy (non-hydrogen) atoms. The van der Waals surface area contributed by atoms with Crippen LogP contribution in [0.2, 0.25) is 0 Å². The molecular formula is C22H28O7. The maximum atomic E-state index is 12.6. The van der Waals surface area contributed by atoms with E-state index < -0.39 is 17.5 Å². The lowest BCUT2D eigenvalue weighted by Crippen LogP contribution is -2.57. The van der Waals surface area contributed by atoms with E-state index in [1.807, 2.05) is 6.92 Å². The topological polar surface area (TPSA) is 83.5 Å². The van der Waals surface area contributed by atoms with Crippen molar-refractivity contribution in [3.05, 3.63) is 42.0 Å². The van der Waals surface area contributed by atoms with Crippen LogP contribution in [0.3, 0.4) is 0 Å². The fraction of sp³-hybridized carbons (Fsp3) is 0.500. The van der Waals surface area contributed by atoms with Crippen molar-refractivity contribution in [2.75, 3.05) is 28.4 Å². The third-order valence-electron chi connectivity index (χ3n) is 5.93. The average Bonchev–Trinajstić information content (AvgIpc) is 2.94. The van der Waals surface area contributed by atoms with Crippen molar-refractivity contribution in [2.45, 2.75) is 37.3 Å². The van der Waals surface area contributed by atoms with E-state index in [1.54, 1.807) is 24.3 Å². The van der Waals surface area contributed by atoms with Gasteiger partial charge < -0.3 is 28.8 Å². The molecule has 7 nitrogen and oxygen atoms in total. The molecule has 7 heteroatoms. The number of ketones is 1. The molecule has 1 heterocycles. The molecule has 2 aliphatic rings. The van der Waals surface area contributed by atoms with E-state index in [2.05, 4.69) is 6.58 Å². The second-order valence-electron chi connectivity index (χ2n) is 7.33. The Morgan fingerprint density at radius 3 is 2.31 bits per heavy atom. The molecule has 0 radical (unpaired) electrons. The first-order valence-corrected chi connectivity index (χ1v) is 9.41. The zero-order chi connectivity index (χ0) is 21.4. The maximum Gasteiger partial charge on any atom is 0.207 e. The zero-order valence-electron chi connectivity index (χ0n) is 17.5. The summed E-state index contributed by atoms with van der Waals surface area (Å²) in [5, 5.41) is 11.3. The van der Waals surface area contributed by atoms with E-state index in [0.717, 1.165) is 5.56 Å². The van der Waals surface area contributed by atoms with Gasteiger partial charge in [0.1, 0.15) is 5.60 Å². The molecule has 0 aromatic heterocycles. The number of fused-ring (bicyclic) bond motifs is 1. The lowest BCUT2D eigenvalue weighted by Gasteiger charge is -2.42. The molecule has 1 N–H and O–H groups in total. The van der Waals surface area contributed by atoms with Gasteiger partial charge in [0.05, 0.1) is 33.9 Å². The van der Waals surface area contributed by atoms with Crippen LogP contribution in [0.15, 0.2) is 36.4 Å². The van der Waals surface area contributed by atoms with E-state index in [-0.39, 0.29) is 18.1 Å². The third kappa shape index (κ3) is 3.13. The van der Waals surface area contributed by atoms with Crippen molar-refractivity contribution in [3.63, 3.8) is 0 Å². The van der Waals surface area contributed by atoms with Crippen LogP contribution in [0.5, 0.6) is 17.2 Å². The molecule has 1 aliphatic carbocycles. The van der Waals surface area contributed by atoms with Crippen LogP contribution in [0.1, 0.15) is 31.4 Å². The standard InChI is InChI=1S/C22H28O7/c1-7-8-14-11-21(28-6)13(2)19(29-22(21,24)12-16(14)23)15-9-17(25-3)20(27-5)18(10-15)26-4/h7,9-11,13,19,24H,1,8,12H2,2-6H3. The van der Waals surface area contributed by atoms with Gasteiger partial charge in [-0.3, -0.25) is 4.79 Å². The molecular weight excluding hydrogens is 376 g/mol. The van der Waals surface area contributed by atoms with Crippen LogP contribution in [-0.2, 0) is 14.3 Å². The minimum absolute atomic E-state index is 0.183. The van der Waals surface area contributed by atoms with Gasteiger partial charge in [-0.1, -0.05) is 13.0 Å². The molecule has 1 aliphatic heterocycles. The van der Waals surface area contributed by atoms with Crippen LogP contribution in [0, 0.1) is 5.92 Å². The van der Waals surface area contributed by atoms with Crippen molar-refractivity contribution in [1.82, 2.24) is 0 Å². The number of allylic oxidation sites excluding steroid dienone is 2. The van der Waals surface area contributed by atoms with Gasteiger partial charge in [0.15, 0.2) is 17.3 Å². The number of rotatable bonds is 7. The zero-order valence-corrected chi connectivity index (χ0v) is 17.5. The second kappa shape index (κ2) is 7.82. The first-order chi connectivity index (χ1) is 13.8. The molecule has 1 fully saturated rings. The summed E-state index contributed by atoms with van der Waals surface area (Å²) in [5.41, 5.74) is 0.106.